The van der Waals surface area contributed by atoms with Crippen LogP contribution in [0.1, 0.15) is 38.9 Å². The summed E-state index contributed by atoms with van der Waals surface area (Å²) in [5.41, 5.74) is 2.28. The zero-order chi connectivity index (χ0) is 12.5. The maximum Gasteiger partial charge on any atom is 0.164 e. The molecule has 1 aliphatic rings. The Balaban J connectivity index is 2.32. The smallest absolute Gasteiger partial charge is 0.164 e. The molecule has 0 radical (unpaired) electrons. The van der Waals surface area contributed by atoms with Crippen LogP contribution in [0, 0.1) is 0 Å². The second-order valence-corrected chi connectivity index (χ2v) is 4.84. The molecule has 2 rings (SSSR count). The summed E-state index contributed by atoms with van der Waals surface area (Å²) in [6, 6.07) is 8.23. The van der Waals surface area contributed by atoms with Crippen molar-refractivity contribution in [1.82, 2.24) is 0 Å². The summed E-state index contributed by atoms with van der Waals surface area (Å²) in [7, 11) is 1.93. The molecular weight excluding hydrogens is 214 g/mol. The lowest BCUT2D eigenvalue weighted by Gasteiger charge is -2.19. The van der Waals surface area contributed by atoms with Gasteiger partial charge in [0.25, 0.3) is 0 Å². The lowest BCUT2D eigenvalue weighted by atomic mass is 10.0. The summed E-state index contributed by atoms with van der Waals surface area (Å²) in [6.07, 6.45) is 1.09. The van der Waals surface area contributed by atoms with Gasteiger partial charge in [0.1, 0.15) is 6.10 Å². The molecule has 94 valence electrons. The fraction of sp³-hybridized carbons (Fsp3) is 0.571. The van der Waals surface area contributed by atoms with Gasteiger partial charge >= 0.3 is 0 Å². The SMILES string of the molecule is CCC1OC(C)(C)OC1c1ccccc1NC. The summed E-state index contributed by atoms with van der Waals surface area (Å²) in [4.78, 5) is 0. The van der Waals surface area contributed by atoms with Crippen molar-refractivity contribution in [2.24, 2.45) is 0 Å². The number of para-hydroxylation sites is 1. The molecule has 0 saturated carbocycles. The van der Waals surface area contributed by atoms with Crippen LogP contribution in [0.25, 0.3) is 0 Å². The minimum atomic E-state index is -0.494. The van der Waals surface area contributed by atoms with E-state index in [1.807, 2.05) is 33.0 Å². The molecule has 3 heteroatoms. The Morgan fingerprint density at radius 1 is 1.24 bits per heavy atom. The van der Waals surface area contributed by atoms with Crippen molar-refractivity contribution in [3.05, 3.63) is 29.8 Å². The van der Waals surface area contributed by atoms with Gasteiger partial charge < -0.3 is 14.8 Å². The number of hydrogen-bond acceptors (Lipinski definition) is 3. The summed E-state index contributed by atoms with van der Waals surface area (Å²) < 4.78 is 11.9. The number of anilines is 1. The Labute approximate surface area is 103 Å². The van der Waals surface area contributed by atoms with Crippen LogP contribution in [0.3, 0.4) is 0 Å². The van der Waals surface area contributed by atoms with E-state index < -0.39 is 5.79 Å². The quantitative estimate of drug-likeness (QED) is 0.871. The van der Waals surface area contributed by atoms with Crippen LogP contribution in [0.4, 0.5) is 5.69 Å². The van der Waals surface area contributed by atoms with Gasteiger partial charge in [-0.05, 0) is 26.3 Å². The highest BCUT2D eigenvalue weighted by molar-refractivity contribution is 5.52. The van der Waals surface area contributed by atoms with Gasteiger partial charge in [0.05, 0.1) is 6.10 Å². The molecule has 1 aromatic carbocycles. The first-order valence-corrected chi connectivity index (χ1v) is 6.19. The van der Waals surface area contributed by atoms with Crippen molar-refractivity contribution in [3.63, 3.8) is 0 Å². The highest BCUT2D eigenvalue weighted by Crippen LogP contribution is 2.41. The molecule has 3 nitrogen and oxygen atoms in total. The number of benzene rings is 1. The van der Waals surface area contributed by atoms with Crippen LogP contribution in [0.2, 0.25) is 0 Å². The Hall–Kier alpha value is -1.06. The van der Waals surface area contributed by atoms with Gasteiger partial charge in [-0.2, -0.15) is 0 Å². The highest BCUT2D eigenvalue weighted by atomic mass is 16.7. The summed E-state index contributed by atoms with van der Waals surface area (Å²) >= 11 is 0. The molecule has 17 heavy (non-hydrogen) atoms. The maximum atomic E-state index is 6.02. The van der Waals surface area contributed by atoms with Crippen LogP contribution < -0.4 is 5.32 Å². The van der Waals surface area contributed by atoms with E-state index in [0.29, 0.717) is 0 Å². The molecule has 1 saturated heterocycles. The van der Waals surface area contributed by atoms with Crippen molar-refractivity contribution < 1.29 is 9.47 Å². The van der Waals surface area contributed by atoms with Gasteiger partial charge in [-0.1, -0.05) is 25.1 Å². The molecular formula is C14H21NO2. The third-order valence-electron chi connectivity index (χ3n) is 3.12. The zero-order valence-electron chi connectivity index (χ0n) is 11.0. The predicted molar refractivity (Wildman–Crippen MR) is 69.1 cm³/mol. The molecule has 2 atom stereocenters. The van der Waals surface area contributed by atoms with Crippen LogP contribution in [0.15, 0.2) is 24.3 Å². The molecule has 1 heterocycles. The topological polar surface area (TPSA) is 30.5 Å². The van der Waals surface area contributed by atoms with E-state index in [2.05, 4.69) is 24.4 Å². The monoisotopic (exact) mass is 235 g/mol. The lowest BCUT2D eigenvalue weighted by molar-refractivity contribution is -0.146. The van der Waals surface area contributed by atoms with E-state index in [1.165, 1.54) is 5.56 Å². The molecule has 0 amide bonds. The van der Waals surface area contributed by atoms with E-state index in [-0.39, 0.29) is 12.2 Å². The van der Waals surface area contributed by atoms with Gasteiger partial charge in [-0.3, -0.25) is 0 Å². The Kier molecular flexibility index (Phi) is 3.40. The van der Waals surface area contributed by atoms with E-state index in [0.717, 1.165) is 12.1 Å². The van der Waals surface area contributed by atoms with Gasteiger partial charge in [-0.25, -0.2) is 0 Å². The van der Waals surface area contributed by atoms with E-state index in [1.54, 1.807) is 0 Å². The Morgan fingerprint density at radius 3 is 2.59 bits per heavy atom. The molecule has 0 aliphatic carbocycles. The molecule has 1 aliphatic heterocycles. The summed E-state index contributed by atoms with van der Waals surface area (Å²) in [6.45, 7) is 6.07. The maximum absolute atomic E-state index is 6.02. The Morgan fingerprint density at radius 2 is 1.94 bits per heavy atom. The number of nitrogens with one attached hydrogen (secondary N) is 1. The number of hydrogen-bond donors (Lipinski definition) is 1. The Bertz CT molecular complexity index is 390. The van der Waals surface area contributed by atoms with E-state index in [9.17, 15) is 0 Å². The summed E-state index contributed by atoms with van der Waals surface area (Å²) in [5, 5.41) is 3.21. The fourth-order valence-electron chi connectivity index (χ4n) is 2.37. The molecule has 2 unspecified atom stereocenters. The zero-order valence-corrected chi connectivity index (χ0v) is 11.0. The molecule has 0 bridgehead atoms. The highest BCUT2D eigenvalue weighted by Gasteiger charge is 2.41. The van der Waals surface area contributed by atoms with Gasteiger partial charge in [0.15, 0.2) is 5.79 Å². The minimum absolute atomic E-state index is 0.0126. The number of rotatable bonds is 3. The van der Waals surface area contributed by atoms with Gasteiger partial charge in [0, 0.05) is 18.3 Å². The van der Waals surface area contributed by atoms with Crippen molar-refractivity contribution in [2.75, 3.05) is 12.4 Å². The lowest BCUT2D eigenvalue weighted by Crippen LogP contribution is -2.21. The van der Waals surface area contributed by atoms with Crippen LogP contribution in [0.5, 0.6) is 0 Å². The largest absolute Gasteiger partial charge is 0.388 e. The average molecular weight is 235 g/mol. The van der Waals surface area contributed by atoms with E-state index in [4.69, 9.17) is 9.47 Å². The van der Waals surface area contributed by atoms with Crippen molar-refractivity contribution in [2.45, 2.75) is 45.2 Å². The molecule has 0 aromatic heterocycles. The average Bonchev–Trinajstić information content (AvgIpc) is 2.64. The van der Waals surface area contributed by atoms with Gasteiger partial charge in [-0.15, -0.1) is 0 Å². The normalized spacial score (nSPS) is 27.1. The van der Waals surface area contributed by atoms with Crippen molar-refractivity contribution in [1.29, 1.82) is 0 Å². The molecule has 0 spiro atoms. The first-order chi connectivity index (χ1) is 8.07. The minimum Gasteiger partial charge on any atom is -0.388 e. The first-order valence-electron chi connectivity index (χ1n) is 6.19. The molecule has 1 N–H and O–H groups in total. The standard InChI is InChI=1S/C14H21NO2/c1-5-12-13(17-14(2,3)16-12)10-8-6-7-9-11(10)15-4/h6-9,12-13,15H,5H2,1-4H3. The van der Waals surface area contributed by atoms with Gasteiger partial charge in [0.2, 0.25) is 0 Å². The summed E-state index contributed by atoms with van der Waals surface area (Å²) in [5.74, 6) is -0.494. The second-order valence-electron chi connectivity index (χ2n) is 4.84. The van der Waals surface area contributed by atoms with Crippen LogP contribution >= 0.6 is 0 Å². The van der Waals surface area contributed by atoms with E-state index >= 15 is 0 Å². The number of ether oxygens (including phenoxy) is 2. The third-order valence-corrected chi connectivity index (χ3v) is 3.12. The molecule has 1 aromatic rings. The van der Waals surface area contributed by atoms with Crippen molar-refractivity contribution in [3.8, 4) is 0 Å². The van der Waals surface area contributed by atoms with Crippen LogP contribution in [-0.4, -0.2) is 18.9 Å². The van der Waals surface area contributed by atoms with Crippen LogP contribution in [-0.2, 0) is 9.47 Å². The first kappa shape index (κ1) is 12.4. The fourth-order valence-corrected chi connectivity index (χ4v) is 2.37. The molecule has 1 fully saturated rings. The van der Waals surface area contributed by atoms with Crippen molar-refractivity contribution >= 4 is 5.69 Å². The third kappa shape index (κ3) is 2.45. The second kappa shape index (κ2) is 4.67. The predicted octanol–water partition coefficient (Wildman–Crippen LogP) is 3.33.